The number of phenols is 1. The van der Waals surface area contributed by atoms with Crippen molar-refractivity contribution in [1.82, 2.24) is 0 Å². The minimum atomic E-state index is -0.987. The molecule has 1 saturated heterocycles. The summed E-state index contributed by atoms with van der Waals surface area (Å²) < 4.78 is 5.54. The number of hydrogen-bond donors (Lipinski definition) is 2. The topological polar surface area (TPSA) is 91.0 Å². The molecule has 0 radical (unpaired) electrons. The Balaban J connectivity index is 1.69. The van der Waals surface area contributed by atoms with E-state index in [1.54, 1.807) is 36.4 Å². The lowest BCUT2D eigenvalue weighted by Crippen LogP contribution is -2.29. The molecule has 6 nitrogen and oxygen atoms in total. The number of Topliss-reactive ketones (excluding diaryl/α,β-unsaturated/α-hetero) is 1. The number of carbonyl (C=O) groups is 2. The van der Waals surface area contributed by atoms with E-state index in [4.69, 9.17) is 4.42 Å². The van der Waals surface area contributed by atoms with Crippen LogP contribution in [0.15, 0.2) is 70.9 Å². The molecule has 2 aromatic carbocycles. The molecule has 0 saturated carbocycles. The zero-order chi connectivity index (χ0) is 21.5. The number of aliphatic hydroxyl groups is 1. The molecule has 1 atom stereocenters. The van der Waals surface area contributed by atoms with E-state index in [2.05, 4.69) is 0 Å². The molecule has 0 bridgehead atoms. The molecule has 3 aromatic rings. The smallest absolute Gasteiger partial charge is 0.300 e. The Labute approximate surface area is 179 Å². The number of hydrogen-bond acceptors (Lipinski definition) is 5. The van der Waals surface area contributed by atoms with Crippen LogP contribution in [-0.4, -0.2) is 21.9 Å². The van der Waals surface area contributed by atoms with E-state index in [1.165, 1.54) is 22.8 Å². The highest BCUT2D eigenvalue weighted by Gasteiger charge is 2.49. The van der Waals surface area contributed by atoms with Gasteiger partial charge in [-0.1, -0.05) is 24.3 Å². The van der Waals surface area contributed by atoms with Crippen molar-refractivity contribution in [3.05, 3.63) is 88.9 Å². The third kappa shape index (κ3) is 3.11. The predicted molar refractivity (Wildman–Crippen MR) is 115 cm³/mol. The van der Waals surface area contributed by atoms with Gasteiger partial charge in [-0.2, -0.15) is 0 Å². The molecule has 5 rings (SSSR count). The van der Waals surface area contributed by atoms with Crippen LogP contribution in [0.5, 0.6) is 5.75 Å². The molecular formula is C25H21NO5. The fourth-order valence-corrected chi connectivity index (χ4v) is 4.50. The Bertz CT molecular complexity index is 1210. The van der Waals surface area contributed by atoms with Crippen molar-refractivity contribution in [2.45, 2.75) is 31.7 Å². The van der Waals surface area contributed by atoms with Gasteiger partial charge in [-0.25, -0.2) is 0 Å². The lowest BCUT2D eigenvalue weighted by Gasteiger charge is -2.24. The summed E-state index contributed by atoms with van der Waals surface area (Å²) in [6, 6.07) is 14.3. The molecule has 31 heavy (non-hydrogen) atoms. The van der Waals surface area contributed by atoms with Crippen LogP contribution in [0.4, 0.5) is 5.69 Å². The molecular weight excluding hydrogens is 394 g/mol. The van der Waals surface area contributed by atoms with Crippen LogP contribution in [0.2, 0.25) is 0 Å². The number of fused-ring (bicyclic) bond motifs is 1. The van der Waals surface area contributed by atoms with Crippen LogP contribution in [0.25, 0.3) is 5.76 Å². The van der Waals surface area contributed by atoms with E-state index in [0.717, 1.165) is 31.2 Å². The van der Waals surface area contributed by atoms with Gasteiger partial charge in [0.25, 0.3) is 11.7 Å². The number of anilines is 1. The van der Waals surface area contributed by atoms with Crippen molar-refractivity contribution in [1.29, 1.82) is 0 Å². The summed E-state index contributed by atoms with van der Waals surface area (Å²) in [6.45, 7) is 0. The Morgan fingerprint density at radius 3 is 2.48 bits per heavy atom. The molecule has 2 heterocycles. The number of ketones is 1. The van der Waals surface area contributed by atoms with Gasteiger partial charge in [0.1, 0.15) is 23.3 Å². The molecule has 1 aliphatic carbocycles. The Morgan fingerprint density at radius 2 is 1.74 bits per heavy atom. The van der Waals surface area contributed by atoms with E-state index >= 15 is 0 Å². The van der Waals surface area contributed by atoms with Gasteiger partial charge in [0, 0.05) is 5.56 Å². The zero-order valence-corrected chi connectivity index (χ0v) is 16.7. The van der Waals surface area contributed by atoms with Gasteiger partial charge in [0.05, 0.1) is 17.5 Å². The minimum Gasteiger partial charge on any atom is -0.507 e. The van der Waals surface area contributed by atoms with Gasteiger partial charge in [-0.05, 0) is 67.1 Å². The van der Waals surface area contributed by atoms with Crippen LogP contribution in [0.3, 0.4) is 0 Å². The number of phenolic OH excluding ortho intramolecular Hbond substituents is 1. The summed E-state index contributed by atoms with van der Waals surface area (Å²) in [5.74, 6) is -1.72. The third-order valence-corrected chi connectivity index (χ3v) is 6.02. The van der Waals surface area contributed by atoms with Crippen molar-refractivity contribution in [2.24, 2.45) is 0 Å². The number of amides is 1. The molecule has 1 unspecified atom stereocenters. The highest BCUT2D eigenvalue weighted by molar-refractivity contribution is 6.51. The Hall–Kier alpha value is -3.80. The number of benzene rings is 2. The molecule has 2 aliphatic rings. The molecule has 6 heteroatoms. The molecule has 0 spiro atoms. The first-order valence-corrected chi connectivity index (χ1v) is 10.3. The number of aromatic hydroxyl groups is 1. The molecule has 1 amide bonds. The number of furan rings is 1. The quantitative estimate of drug-likeness (QED) is 0.374. The summed E-state index contributed by atoms with van der Waals surface area (Å²) in [7, 11) is 0. The zero-order valence-electron chi connectivity index (χ0n) is 16.7. The average molecular weight is 415 g/mol. The number of rotatable bonds is 3. The van der Waals surface area contributed by atoms with Crippen LogP contribution < -0.4 is 4.90 Å². The fourth-order valence-electron chi connectivity index (χ4n) is 4.50. The number of nitrogens with zero attached hydrogens (tertiary/aromatic N) is 1. The predicted octanol–water partition coefficient (Wildman–Crippen LogP) is 4.49. The number of aryl methyl sites for hydroxylation is 2. The molecule has 156 valence electrons. The maximum Gasteiger partial charge on any atom is 0.300 e. The van der Waals surface area contributed by atoms with E-state index in [9.17, 15) is 19.8 Å². The van der Waals surface area contributed by atoms with Gasteiger partial charge >= 0.3 is 0 Å². The number of aliphatic hydroxyl groups excluding tert-OH is 1. The monoisotopic (exact) mass is 415 g/mol. The van der Waals surface area contributed by atoms with Crippen LogP contribution in [0.1, 0.15) is 41.3 Å². The maximum absolute atomic E-state index is 13.1. The van der Waals surface area contributed by atoms with Crippen molar-refractivity contribution >= 4 is 23.1 Å². The van der Waals surface area contributed by atoms with E-state index in [-0.39, 0.29) is 22.8 Å². The fraction of sp³-hybridized carbons (Fsp3) is 0.200. The summed E-state index contributed by atoms with van der Waals surface area (Å²) in [6.07, 6.45) is 5.59. The standard InChI is InChI=1S/C25H21NO5/c27-19-9-4-3-8-18(19)26-22(20-10-5-13-31-20)21(24(29)25(26)30)23(28)17-12-11-15-6-1-2-7-16(15)14-17/h3-5,8-14,22,27-28H,1-2,6-7H2/b23-21-. The van der Waals surface area contributed by atoms with Crippen molar-refractivity contribution in [3.63, 3.8) is 0 Å². The summed E-state index contributed by atoms with van der Waals surface area (Å²) in [5.41, 5.74) is 3.02. The highest BCUT2D eigenvalue weighted by atomic mass is 16.3. The van der Waals surface area contributed by atoms with E-state index in [0.29, 0.717) is 11.3 Å². The van der Waals surface area contributed by atoms with Gasteiger partial charge in [0.15, 0.2) is 0 Å². The molecule has 2 N–H and O–H groups in total. The van der Waals surface area contributed by atoms with E-state index < -0.39 is 17.7 Å². The average Bonchev–Trinajstić information content (AvgIpc) is 3.41. The lowest BCUT2D eigenvalue weighted by molar-refractivity contribution is -0.132. The number of carbonyl (C=O) groups excluding carboxylic acids is 2. The largest absolute Gasteiger partial charge is 0.507 e. The van der Waals surface area contributed by atoms with Gasteiger partial charge in [0.2, 0.25) is 0 Å². The van der Waals surface area contributed by atoms with Gasteiger partial charge < -0.3 is 14.6 Å². The van der Waals surface area contributed by atoms with Gasteiger partial charge in [-0.3, -0.25) is 14.5 Å². The maximum atomic E-state index is 13.1. The summed E-state index contributed by atoms with van der Waals surface area (Å²) in [5, 5.41) is 21.5. The Morgan fingerprint density at radius 1 is 0.968 bits per heavy atom. The van der Waals surface area contributed by atoms with Gasteiger partial charge in [-0.15, -0.1) is 0 Å². The molecule has 1 aliphatic heterocycles. The van der Waals surface area contributed by atoms with E-state index in [1.807, 2.05) is 12.1 Å². The normalized spacial score (nSPS) is 20.1. The van der Waals surface area contributed by atoms with Crippen LogP contribution in [0, 0.1) is 0 Å². The van der Waals surface area contributed by atoms with Crippen molar-refractivity contribution < 1.29 is 24.2 Å². The second kappa shape index (κ2) is 7.47. The SMILES string of the molecule is O=C1C(=O)N(c2ccccc2O)C(c2ccco2)/C1=C(/O)c1ccc2c(c1)CCCC2. The van der Waals surface area contributed by atoms with Crippen molar-refractivity contribution in [2.75, 3.05) is 4.90 Å². The highest BCUT2D eigenvalue weighted by Crippen LogP contribution is 2.44. The molecule has 1 aromatic heterocycles. The van der Waals surface area contributed by atoms with Crippen LogP contribution in [-0.2, 0) is 22.4 Å². The second-order valence-corrected chi connectivity index (χ2v) is 7.86. The lowest BCUT2D eigenvalue weighted by atomic mass is 9.89. The first kappa shape index (κ1) is 19.2. The minimum absolute atomic E-state index is 0.0565. The van der Waals surface area contributed by atoms with Crippen LogP contribution >= 0.6 is 0 Å². The number of para-hydroxylation sites is 2. The summed E-state index contributed by atoms with van der Waals surface area (Å²) >= 11 is 0. The second-order valence-electron chi connectivity index (χ2n) is 7.86. The third-order valence-electron chi connectivity index (χ3n) is 6.02. The van der Waals surface area contributed by atoms with Crippen molar-refractivity contribution in [3.8, 4) is 5.75 Å². The Kier molecular flexibility index (Phi) is 4.62. The molecule has 1 fully saturated rings. The first-order chi connectivity index (χ1) is 15.1. The summed E-state index contributed by atoms with van der Waals surface area (Å²) in [4.78, 5) is 27.3. The first-order valence-electron chi connectivity index (χ1n) is 10.3.